The summed E-state index contributed by atoms with van der Waals surface area (Å²) in [4.78, 5) is 29.2. The van der Waals surface area contributed by atoms with Gasteiger partial charge in [-0.2, -0.15) is 0 Å². The smallest absolute Gasteiger partial charge is 0.237 e. The zero-order valence-corrected chi connectivity index (χ0v) is 9.41. The van der Waals surface area contributed by atoms with E-state index in [2.05, 4.69) is 20.6 Å². The topological polar surface area (TPSA) is 86.9 Å². The molecule has 0 aliphatic rings. The average molecular weight is 224 g/mol. The number of ketones is 1. The van der Waals surface area contributed by atoms with Gasteiger partial charge < -0.3 is 15.6 Å². The van der Waals surface area contributed by atoms with Gasteiger partial charge in [0, 0.05) is 12.6 Å². The van der Waals surface area contributed by atoms with Crippen LogP contribution in [0.15, 0.2) is 12.5 Å². The number of hydrogen-bond acceptors (Lipinski definition) is 4. The second-order valence-corrected chi connectivity index (χ2v) is 3.53. The van der Waals surface area contributed by atoms with E-state index in [4.69, 9.17) is 0 Å². The van der Waals surface area contributed by atoms with Crippen LogP contribution in [0.1, 0.15) is 12.6 Å². The Labute approximate surface area is 93.8 Å². The molecule has 3 N–H and O–H groups in total. The lowest BCUT2D eigenvalue weighted by molar-refractivity contribution is -0.125. The highest BCUT2D eigenvalue weighted by Crippen LogP contribution is 1.97. The lowest BCUT2D eigenvalue weighted by Crippen LogP contribution is -2.45. The fraction of sp³-hybridized carbons (Fsp3) is 0.500. The van der Waals surface area contributed by atoms with E-state index >= 15 is 0 Å². The molecule has 0 aliphatic heterocycles. The summed E-state index contributed by atoms with van der Waals surface area (Å²) in [5, 5.41) is 5.44. The van der Waals surface area contributed by atoms with Crippen LogP contribution in [-0.2, 0) is 16.0 Å². The molecule has 16 heavy (non-hydrogen) atoms. The number of H-pyrrole nitrogens is 1. The van der Waals surface area contributed by atoms with Gasteiger partial charge in [-0.3, -0.25) is 9.59 Å². The third-order valence-electron chi connectivity index (χ3n) is 2.14. The Bertz CT molecular complexity index is 348. The molecular weight excluding hydrogens is 208 g/mol. The van der Waals surface area contributed by atoms with Crippen molar-refractivity contribution in [3.05, 3.63) is 18.2 Å². The first-order valence-corrected chi connectivity index (χ1v) is 5.05. The number of nitrogens with zero attached hydrogens (tertiary/aromatic N) is 1. The van der Waals surface area contributed by atoms with E-state index in [1.54, 1.807) is 19.6 Å². The van der Waals surface area contributed by atoms with Gasteiger partial charge >= 0.3 is 0 Å². The third kappa shape index (κ3) is 3.82. The minimum absolute atomic E-state index is 0.0667. The second-order valence-electron chi connectivity index (χ2n) is 3.53. The van der Waals surface area contributed by atoms with E-state index in [0.717, 1.165) is 5.69 Å². The van der Waals surface area contributed by atoms with Crippen LogP contribution in [0.4, 0.5) is 0 Å². The summed E-state index contributed by atoms with van der Waals surface area (Å²) in [5.74, 6) is -0.260. The summed E-state index contributed by atoms with van der Waals surface area (Å²) in [6, 6.07) is -0.373. The van der Waals surface area contributed by atoms with Crippen LogP contribution in [-0.4, -0.2) is 41.3 Å². The van der Waals surface area contributed by atoms with Crippen molar-refractivity contribution in [1.82, 2.24) is 20.6 Å². The number of rotatable bonds is 6. The number of amides is 1. The average Bonchev–Trinajstić information content (AvgIpc) is 2.75. The van der Waals surface area contributed by atoms with Crippen LogP contribution in [0.3, 0.4) is 0 Å². The summed E-state index contributed by atoms with van der Waals surface area (Å²) < 4.78 is 0. The highest BCUT2D eigenvalue weighted by atomic mass is 16.2. The molecule has 0 saturated heterocycles. The Morgan fingerprint density at radius 2 is 2.31 bits per heavy atom. The van der Waals surface area contributed by atoms with Crippen molar-refractivity contribution < 1.29 is 9.59 Å². The number of aromatic nitrogens is 2. The van der Waals surface area contributed by atoms with Gasteiger partial charge in [-0.15, -0.1) is 0 Å². The van der Waals surface area contributed by atoms with Gasteiger partial charge in [-0.1, -0.05) is 0 Å². The zero-order chi connectivity index (χ0) is 12.0. The van der Waals surface area contributed by atoms with Crippen LogP contribution in [0.25, 0.3) is 0 Å². The number of nitrogens with one attached hydrogen (secondary N) is 3. The molecule has 0 bridgehead atoms. The number of Topliss-reactive ketones (excluding diaryl/α,β-unsaturated/α-hetero) is 1. The molecular formula is C10H16N4O2. The van der Waals surface area contributed by atoms with Crippen LogP contribution in [0.2, 0.25) is 0 Å². The van der Waals surface area contributed by atoms with Crippen molar-refractivity contribution in [2.75, 3.05) is 13.6 Å². The Morgan fingerprint density at radius 1 is 1.56 bits per heavy atom. The summed E-state index contributed by atoms with van der Waals surface area (Å²) in [6.07, 6.45) is 3.79. The predicted molar refractivity (Wildman–Crippen MR) is 58.8 cm³/mol. The summed E-state index contributed by atoms with van der Waals surface area (Å²) >= 11 is 0. The number of carbonyl (C=O) groups excluding carboxylic acids is 2. The van der Waals surface area contributed by atoms with Gasteiger partial charge in [0.15, 0.2) is 0 Å². The third-order valence-corrected chi connectivity index (χ3v) is 2.14. The van der Waals surface area contributed by atoms with Crippen molar-refractivity contribution in [1.29, 1.82) is 0 Å². The number of likely N-dealkylation sites (N-methyl/N-ethyl adjacent to an activating group) is 1. The molecule has 0 spiro atoms. The molecule has 0 radical (unpaired) electrons. The molecule has 6 nitrogen and oxygen atoms in total. The van der Waals surface area contributed by atoms with Crippen LogP contribution in [0, 0.1) is 0 Å². The Kier molecular flexibility index (Phi) is 4.65. The highest BCUT2D eigenvalue weighted by molar-refractivity contribution is 5.87. The predicted octanol–water partition coefficient (Wildman–Crippen LogP) is -0.755. The number of aromatic amines is 1. The molecule has 1 aromatic rings. The lowest BCUT2D eigenvalue weighted by atomic mass is 10.1. The van der Waals surface area contributed by atoms with E-state index < -0.39 is 0 Å². The molecule has 88 valence electrons. The number of hydrogen-bond donors (Lipinski definition) is 3. The first-order valence-electron chi connectivity index (χ1n) is 5.05. The second kappa shape index (κ2) is 6.02. The molecule has 1 rings (SSSR count). The van der Waals surface area contributed by atoms with Gasteiger partial charge in [0.2, 0.25) is 5.91 Å². The van der Waals surface area contributed by atoms with Gasteiger partial charge in [0.05, 0.1) is 24.6 Å². The maximum atomic E-state index is 11.6. The maximum absolute atomic E-state index is 11.6. The van der Waals surface area contributed by atoms with Crippen molar-refractivity contribution in [2.24, 2.45) is 0 Å². The first kappa shape index (κ1) is 12.4. The van der Waals surface area contributed by atoms with E-state index in [9.17, 15) is 9.59 Å². The quantitative estimate of drug-likeness (QED) is 0.593. The summed E-state index contributed by atoms with van der Waals surface area (Å²) in [6.45, 7) is 1.50. The Hall–Kier alpha value is -1.69. The van der Waals surface area contributed by atoms with Crippen molar-refractivity contribution in [3.63, 3.8) is 0 Å². The monoisotopic (exact) mass is 224 g/mol. The lowest BCUT2D eigenvalue weighted by Gasteiger charge is -2.14. The van der Waals surface area contributed by atoms with Crippen LogP contribution >= 0.6 is 0 Å². The standard InChI is InChI=1S/C10H16N4O2/c1-7(15)4-13-10(16)9(11-2)3-8-5-12-6-14-8/h5-6,9,11H,3-4H2,1-2H3,(H,12,14)(H,13,16)/t9-/m1/s1. The minimum atomic E-state index is -0.373. The molecule has 0 fully saturated rings. The minimum Gasteiger partial charge on any atom is -0.351 e. The molecule has 0 aliphatic carbocycles. The highest BCUT2D eigenvalue weighted by Gasteiger charge is 2.17. The fourth-order valence-corrected chi connectivity index (χ4v) is 1.27. The molecule has 6 heteroatoms. The molecule has 1 atom stereocenters. The van der Waals surface area contributed by atoms with Crippen LogP contribution < -0.4 is 10.6 Å². The normalized spacial score (nSPS) is 12.1. The van der Waals surface area contributed by atoms with Gasteiger partial charge in [0.1, 0.15) is 5.78 Å². The largest absolute Gasteiger partial charge is 0.351 e. The maximum Gasteiger partial charge on any atom is 0.237 e. The molecule has 1 amide bonds. The van der Waals surface area contributed by atoms with Crippen molar-refractivity contribution in [3.8, 4) is 0 Å². The van der Waals surface area contributed by atoms with Crippen LogP contribution in [0.5, 0.6) is 0 Å². The Balaban J connectivity index is 2.47. The summed E-state index contributed by atoms with van der Waals surface area (Å²) in [5.41, 5.74) is 0.803. The van der Waals surface area contributed by atoms with Gasteiger partial charge in [0.25, 0.3) is 0 Å². The number of carbonyl (C=O) groups is 2. The molecule has 0 saturated carbocycles. The molecule has 1 aromatic heterocycles. The van der Waals surface area contributed by atoms with Gasteiger partial charge in [-0.25, -0.2) is 4.98 Å². The Morgan fingerprint density at radius 3 is 2.81 bits per heavy atom. The molecule has 1 heterocycles. The van der Waals surface area contributed by atoms with E-state index in [-0.39, 0.29) is 24.3 Å². The SMILES string of the molecule is CN[C@H](Cc1c[nH]cn1)C(=O)NCC(C)=O. The van der Waals surface area contributed by atoms with E-state index in [1.165, 1.54) is 6.92 Å². The van der Waals surface area contributed by atoms with E-state index in [1.807, 2.05) is 0 Å². The van der Waals surface area contributed by atoms with E-state index in [0.29, 0.717) is 6.42 Å². The van der Waals surface area contributed by atoms with Crippen molar-refractivity contribution >= 4 is 11.7 Å². The fourth-order valence-electron chi connectivity index (χ4n) is 1.27. The first-order chi connectivity index (χ1) is 7.63. The van der Waals surface area contributed by atoms with Gasteiger partial charge in [-0.05, 0) is 14.0 Å². The zero-order valence-electron chi connectivity index (χ0n) is 9.41. The summed E-state index contributed by atoms with van der Waals surface area (Å²) in [7, 11) is 1.70. The molecule has 0 unspecified atom stereocenters. The van der Waals surface area contributed by atoms with Crippen molar-refractivity contribution in [2.45, 2.75) is 19.4 Å². The molecule has 0 aromatic carbocycles. The number of imidazole rings is 1.